The second-order valence-electron chi connectivity index (χ2n) is 7.60. The molecule has 158 valence electrons. The molecule has 5 nitrogen and oxygen atoms in total. The molecule has 4 rings (SSSR count). The van der Waals surface area contributed by atoms with E-state index in [-0.39, 0.29) is 29.1 Å². The summed E-state index contributed by atoms with van der Waals surface area (Å²) in [5.74, 6) is 0.217. The highest BCUT2D eigenvalue weighted by atomic mass is 32.2. The second kappa shape index (κ2) is 9.27. The van der Waals surface area contributed by atoms with E-state index in [0.717, 1.165) is 9.79 Å². The van der Waals surface area contributed by atoms with E-state index in [9.17, 15) is 19.8 Å². The molecule has 1 aliphatic heterocycles. The summed E-state index contributed by atoms with van der Waals surface area (Å²) in [5.41, 5.74) is 1.15. The summed E-state index contributed by atoms with van der Waals surface area (Å²) in [4.78, 5) is 29.3. The van der Waals surface area contributed by atoms with E-state index in [1.807, 2.05) is 36.4 Å². The van der Waals surface area contributed by atoms with Crippen molar-refractivity contribution in [1.82, 2.24) is 4.90 Å². The molecule has 1 heterocycles. The maximum Gasteiger partial charge on any atom is 0.253 e. The molecule has 0 saturated carbocycles. The fraction of sp³-hybridized carbons (Fsp3) is 0.200. The zero-order valence-corrected chi connectivity index (χ0v) is 17.7. The van der Waals surface area contributed by atoms with Crippen molar-refractivity contribution in [2.24, 2.45) is 5.92 Å². The normalized spacial score (nSPS) is 14.4. The quantitative estimate of drug-likeness (QED) is 0.555. The fourth-order valence-corrected chi connectivity index (χ4v) is 4.56. The fourth-order valence-electron chi connectivity index (χ4n) is 3.74. The molecule has 3 aromatic rings. The molecule has 31 heavy (non-hydrogen) atoms. The Balaban J connectivity index is 1.34. The van der Waals surface area contributed by atoms with Crippen molar-refractivity contribution in [2.75, 3.05) is 13.1 Å². The maximum absolute atomic E-state index is 12.9. The van der Waals surface area contributed by atoms with Crippen LogP contribution in [0.15, 0.2) is 82.6 Å². The highest BCUT2D eigenvalue weighted by molar-refractivity contribution is 7.99. The predicted octanol–water partition coefficient (Wildman–Crippen LogP) is 4.98. The van der Waals surface area contributed by atoms with E-state index in [0.29, 0.717) is 37.1 Å². The van der Waals surface area contributed by atoms with Crippen LogP contribution in [-0.4, -0.2) is 39.9 Å². The number of aromatic hydroxyl groups is 2. The number of carbonyl (C=O) groups excluding carboxylic acids is 2. The summed E-state index contributed by atoms with van der Waals surface area (Å²) >= 11 is 1.57. The Morgan fingerprint density at radius 3 is 2.00 bits per heavy atom. The number of phenols is 2. The number of nitrogens with zero attached hydrogens (tertiary/aromatic N) is 1. The van der Waals surface area contributed by atoms with Gasteiger partial charge in [-0.05, 0) is 67.4 Å². The Kier molecular flexibility index (Phi) is 6.28. The van der Waals surface area contributed by atoms with Crippen LogP contribution < -0.4 is 0 Å². The first-order valence-corrected chi connectivity index (χ1v) is 11.0. The predicted molar refractivity (Wildman–Crippen MR) is 120 cm³/mol. The smallest absolute Gasteiger partial charge is 0.253 e. The van der Waals surface area contributed by atoms with Gasteiger partial charge in [0, 0.05) is 39.9 Å². The number of phenolic OH excluding ortho intramolecular Hbond substituents is 2. The van der Waals surface area contributed by atoms with Crippen LogP contribution in [-0.2, 0) is 0 Å². The summed E-state index contributed by atoms with van der Waals surface area (Å²) in [6.45, 7) is 1.05. The Morgan fingerprint density at radius 1 is 0.774 bits per heavy atom. The second-order valence-corrected chi connectivity index (χ2v) is 8.75. The minimum Gasteiger partial charge on any atom is -0.508 e. The van der Waals surface area contributed by atoms with Gasteiger partial charge in [0.2, 0.25) is 0 Å². The Morgan fingerprint density at radius 2 is 1.39 bits per heavy atom. The van der Waals surface area contributed by atoms with Crippen LogP contribution in [0.1, 0.15) is 33.6 Å². The summed E-state index contributed by atoms with van der Waals surface area (Å²) in [5, 5.41) is 19.0. The number of likely N-dealkylation sites (tertiary alicyclic amines) is 1. The number of Topliss-reactive ketones (excluding diaryl/α,β-unsaturated/α-hetero) is 1. The van der Waals surface area contributed by atoms with Crippen molar-refractivity contribution < 1.29 is 19.8 Å². The Labute approximate surface area is 185 Å². The van der Waals surface area contributed by atoms with E-state index in [1.54, 1.807) is 40.9 Å². The molecule has 0 bridgehead atoms. The average molecular weight is 434 g/mol. The number of carbonyl (C=O) groups is 2. The molecule has 0 radical (unpaired) electrons. The molecule has 0 aromatic heterocycles. The summed E-state index contributed by atoms with van der Waals surface area (Å²) in [7, 11) is 0. The molecule has 2 N–H and O–H groups in total. The highest BCUT2D eigenvalue weighted by Crippen LogP contribution is 2.30. The van der Waals surface area contributed by atoms with Crippen molar-refractivity contribution in [1.29, 1.82) is 0 Å². The van der Waals surface area contributed by atoms with E-state index in [1.165, 1.54) is 12.1 Å². The van der Waals surface area contributed by atoms with Crippen LogP contribution in [0, 0.1) is 5.92 Å². The van der Waals surface area contributed by atoms with Gasteiger partial charge in [0.05, 0.1) is 0 Å². The largest absolute Gasteiger partial charge is 0.508 e. The molecule has 0 atom stereocenters. The van der Waals surface area contributed by atoms with Gasteiger partial charge in [0.1, 0.15) is 11.5 Å². The van der Waals surface area contributed by atoms with Gasteiger partial charge in [-0.2, -0.15) is 0 Å². The zero-order chi connectivity index (χ0) is 21.8. The van der Waals surface area contributed by atoms with E-state index in [4.69, 9.17) is 0 Å². The molecule has 1 aliphatic rings. The molecule has 3 aromatic carbocycles. The van der Waals surface area contributed by atoms with E-state index in [2.05, 4.69) is 0 Å². The third kappa shape index (κ3) is 5.09. The van der Waals surface area contributed by atoms with Crippen molar-refractivity contribution in [3.8, 4) is 11.5 Å². The van der Waals surface area contributed by atoms with Gasteiger partial charge in [-0.3, -0.25) is 9.59 Å². The van der Waals surface area contributed by atoms with Gasteiger partial charge in [0.25, 0.3) is 5.91 Å². The first kappa shape index (κ1) is 21.0. The molecular formula is C25H23NO4S. The van der Waals surface area contributed by atoms with Crippen LogP contribution in [0.2, 0.25) is 0 Å². The van der Waals surface area contributed by atoms with Crippen LogP contribution in [0.25, 0.3) is 0 Å². The van der Waals surface area contributed by atoms with Gasteiger partial charge in [-0.15, -0.1) is 0 Å². The first-order valence-electron chi connectivity index (χ1n) is 10.2. The number of piperidine rings is 1. The number of hydrogen-bond donors (Lipinski definition) is 2. The van der Waals surface area contributed by atoms with Crippen molar-refractivity contribution in [2.45, 2.75) is 22.6 Å². The lowest BCUT2D eigenvalue weighted by atomic mass is 9.88. The maximum atomic E-state index is 12.9. The topological polar surface area (TPSA) is 77.8 Å². The van der Waals surface area contributed by atoms with Gasteiger partial charge >= 0.3 is 0 Å². The lowest BCUT2D eigenvalue weighted by molar-refractivity contribution is 0.0650. The Bertz CT molecular complexity index is 1070. The number of amides is 1. The average Bonchev–Trinajstić information content (AvgIpc) is 2.80. The standard InChI is InChI=1S/C25H23NO4S/c27-20-6-10-23(11-7-20)31-22-8-4-17(5-9-22)24(29)18-12-14-26(15-13-18)25(30)19-2-1-3-21(28)16-19/h1-11,16,18,27-28H,12-15H2. The van der Waals surface area contributed by atoms with Gasteiger partial charge < -0.3 is 15.1 Å². The first-order chi connectivity index (χ1) is 15.0. The van der Waals surface area contributed by atoms with Crippen molar-refractivity contribution in [3.05, 3.63) is 83.9 Å². The van der Waals surface area contributed by atoms with Gasteiger partial charge in [-0.25, -0.2) is 0 Å². The number of hydrogen-bond acceptors (Lipinski definition) is 5. The zero-order valence-electron chi connectivity index (χ0n) is 16.9. The van der Waals surface area contributed by atoms with Crippen LogP contribution >= 0.6 is 11.8 Å². The number of benzene rings is 3. The Hall–Kier alpha value is -3.25. The lowest BCUT2D eigenvalue weighted by Gasteiger charge is -2.31. The van der Waals surface area contributed by atoms with Crippen molar-refractivity contribution >= 4 is 23.5 Å². The van der Waals surface area contributed by atoms with Crippen LogP contribution in [0.3, 0.4) is 0 Å². The summed E-state index contributed by atoms with van der Waals surface area (Å²) in [6, 6.07) is 20.9. The van der Waals surface area contributed by atoms with Crippen molar-refractivity contribution in [3.63, 3.8) is 0 Å². The summed E-state index contributed by atoms with van der Waals surface area (Å²) in [6.07, 6.45) is 1.26. The molecule has 1 saturated heterocycles. The van der Waals surface area contributed by atoms with Crippen LogP contribution in [0.5, 0.6) is 11.5 Å². The SMILES string of the molecule is O=C(c1ccc(Sc2ccc(O)cc2)cc1)C1CCN(C(=O)c2cccc(O)c2)CC1. The lowest BCUT2D eigenvalue weighted by Crippen LogP contribution is -2.40. The summed E-state index contributed by atoms with van der Waals surface area (Å²) < 4.78 is 0. The molecule has 1 amide bonds. The highest BCUT2D eigenvalue weighted by Gasteiger charge is 2.28. The molecule has 0 aliphatic carbocycles. The van der Waals surface area contributed by atoms with Gasteiger partial charge in [-0.1, -0.05) is 30.0 Å². The van der Waals surface area contributed by atoms with E-state index < -0.39 is 0 Å². The molecule has 0 spiro atoms. The van der Waals surface area contributed by atoms with E-state index >= 15 is 0 Å². The number of rotatable bonds is 5. The number of ketones is 1. The van der Waals surface area contributed by atoms with Gasteiger partial charge in [0.15, 0.2) is 5.78 Å². The minimum absolute atomic E-state index is 0.0722. The molecular weight excluding hydrogens is 410 g/mol. The van der Waals surface area contributed by atoms with Crippen LogP contribution in [0.4, 0.5) is 0 Å². The molecule has 6 heteroatoms. The third-order valence-electron chi connectivity index (χ3n) is 5.46. The molecule has 1 fully saturated rings. The third-order valence-corrected chi connectivity index (χ3v) is 6.47. The molecule has 0 unspecified atom stereocenters. The monoisotopic (exact) mass is 433 g/mol. The minimum atomic E-state index is -0.114.